The lowest BCUT2D eigenvalue weighted by Gasteiger charge is -2.11. The number of aryl methyl sites for hydroxylation is 1. The van der Waals surface area contributed by atoms with E-state index < -0.39 is 0 Å². The Morgan fingerprint density at radius 1 is 1.25 bits per heavy atom. The van der Waals surface area contributed by atoms with Crippen LogP contribution < -0.4 is 10.1 Å². The van der Waals surface area contributed by atoms with Crippen molar-refractivity contribution in [3.8, 4) is 5.75 Å². The van der Waals surface area contributed by atoms with Gasteiger partial charge in [0.25, 0.3) is 0 Å². The number of benzene rings is 2. The molecular weight excluding hydrogens is 274 g/mol. The smallest absolute Gasteiger partial charge is 0.205 e. The van der Waals surface area contributed by atoms with E-state index in [0.717, 1.165) is 22.3 Å². The van der Waals surface area contributed by atoms with E-state index in [1.165, 1.54) is 0 Å². The quantitative estimate of drug-likeness (QED) is 0.756. The molecule has 0 saturated heterocycles. The van der Waals surface area contributed by atoms with Crippen LogP contribution in [0.5, 0.6) is 5.75 Å². The second kappa shape index (κ2) is 5.06. The first-order valence-corrected chi connectivity index (χ1v) is 6.61. The van der Waals surface area contributed by atoms with Crippen molar-refractivity contribution in [2.45, 2.75) is 6.92 Å². The van der Waals surface area contributed by atoms with Crippen LogP contribution in [-0.4, -0.2) is 17.1 Å². The summed E-state index contributed by atoms with van der Waals surface area (Å²) in [6, 6.07) is 11.6. The average Bonchev–Trinajstić information content (AvgIpc) is 2.84. The van der Waals surface area contributed by atoms with Crippen molar-refractivity contribution in [2.75, 3.05) is 12.4 Å². The fraction of sp³-hybridized carbons (Fsp3) is 0.133. The lowest BCUT2D eigenvalue weighted by atomic mass is 10.2. The van der Waals surface area contributed by atoms with Crippen LogP contribution in [-0.2, 0) is 0 Å². The van der Waals surface area contributed by atoms with E-state index in [-0.39, 0.29) is 0 Å². The standard InChI is InChI=1S/C15H14ClN3O/c1-9-7-13(14(20-2)8-10(9)16)19-15-17-11-5-3-4-6-12(11)18-15/h3-8H,1-2H3,(H2,17,18,19). The predicted octanol–water partition coefficient (Wildman–Crippen LogP) is 4.28. The molecule has 0 spiro atoms. The molecule has 3 aromatic rings. The van der Waals surface area contributed by atoms with Gasteiger partial charge >= 0.3 is 0 Å². The summed E-state index contributed by atoms with van der Waals surface area (Å²) >= 11 is 6.10. The van der Waals surface area contributed by atoms with Crippen molar-refractivity contribution in [2.24, 2.45) is 0 Å². The lowest BCUT2D eigenvalue weighted by Crippen LogP contribution is -1.97. The Kier molecular flexibility index (Phi) is 3.24. The number of halogens is 1. The summed E-state index contributed by atoms with van der Waals surface area (Å²) in [5.74, 6) is 1.35. The normalized spacial score (nSPS) is 10.8. The fourth-order valence-corrected chi connectivity index (χ4v) is 2.22. The molecule has 0 amide bonds. The molecule has 0 atom stereocenters. The molecule has 0 aliphatic rings. The zero-order valence-corrected chi connectivity index (χ0v) is 12.0. The number of imidazole rings is 1. The zero-order chi connectivity index (χ0) is 14.1. The molecule has 1 aromatic heterocycles. The first-order chi connectivity index (χ1) is 9.67. The molecule has 1 heterocycles. The number of rotatable bonds is 3. The van der Waals surface area contributed by atoms with E-state index >= 15 is 0 Å². The number of H-pyrrole nitrogens is 1. The second-order valence-corrected chi connectivity index (χ2v) is 4.94. The molecule has 2 aromatic carbocycles. The molecule has 102 valence electrons. The molecule has 4 nitrogen and oxygen atoms in total. The highest BCUT2D eigenvalue weighted by Gasteiger charge is 2.09. The molecule has 5 heteroatoms. The van der Waals surface area contributed by atoms with Crippen molar-refractivity contribution in [3.05, 3.63) is 47.0 Å². The molecule has 0 saturated carbocycles. The molecule has 20 heavy (non-hydrogen) atoms. The number of methoxy groups -OCH3 is 1. The number of aromatic amines is 1. The number of ether oxygens (including phenoxy) is 1. The van der Waals surface area contributed by atoms with Gasteiger partial charge in [0.15, 0.2) is 0 Å². The van der Waals surface area contributed by atoms with Crippen molar-refractivity contribution in [3.63, 3.8) is 0 Å². The van der Waals surface area contributed by atoms with Crippen molar-refractivity contribution in [1.29, 1.82) is 0 Å². The minimum atomic E-state index is 0.672. The van der Waals surface area contributed by atoms with Gasteiger partial charge in [-0.25, -0.2) is 4.98 Å². The van der Waals surface area contributed by atoms with Gasteiger partial charge in [-0.2, -0.15) is 0 Å². The summed E-state index contributed by atoms with van der Waals surface area (Å²) < 4.78 is 5.34. The number of nitrogens with one attached hydrogen (secondary N) is 2. The highest BCUT2D eigenvalue weighted by atomic mass is 35.5. The van der Waals surface area contributed by atoms with Crippen molar-refractivity contribution < 1.29 is 4.74 Å². The largest absolute Gasteiger partial charge is 0.495 e. The third kappa shape index (κ3) is 2.30. The number of fused-ring (bicyclic) bond motifs is 1. The summed E-state index contributed by atoms with van der Waals surface area (Å²) in [5.41, 5.74) is 3.71. The fourth-order valence-electron chi connectivity index (χ4n) is 2.07. The Bertz CT molecular complexity index is 734. The van der Waals surface area contributed by atoms with Gasteiger partial charge < -0.3 is 15.0 Å². The molecule has 0 bridgehead atoms. The summed E-state index contributed by atoms with van der Waals surface area (Å²) in [4.78, 5) is 7.70. The van der Waals surface area contributed by atoms with Crippen molar-refractivity contribution in [1.82, 2.24) is 9.97 Å². The minimum absolute atomic E-state index is 0.672. The molecule has 0 unspecified atom stereocenters. The molecule has 0 aliphatic heterocycles. The van der Waals surface area contributed by atoms with Gasteiger partial charge in [-0.05, 0) is 30.7 Å². The van der Waals surface area contributed by atoms with Gasteiger partial charge in [0.05, 0.1) is 23.8 Å². The Hall–Kier alpha value is -2.20. The molecule has 2 N–H and O–H groups in total. The highest BCUT2D eigenvalue weighted by Crippen LogP contribution is 2.32. The third-order valence-corrected chi connectivity index (χ3v) is 3.53. The SMILES string of the molecule is COc1cc(Cl)c(C)cc1Nc1nc2ccccc2[nH]1. The van der Waals surface area contributed by atoms with Gasteiger partial charge in [0, 0.05) is 11.1 Å². The van der Waals surface area contributed by atoms with E-state index in [9.17, 15) is 0 Å². The highest BCUT2D eigenvalue weighted by molar-refractivity contribution is 6.31. The number of anilines is 2. The molecule has 0 radical (unpaired) electrons. The van der Waals surface area contributed by atoms with Crippen LogP contribution in [0, 0.1) is 6.92 Å². The molecular formula is C15H14ClN3O. The average molecular weight is 288 g/mol. The zero-order valence-electron chi connectivity index (χ0n) is 11.2. The maximum absolute atomic E-state index is 6.10. The van der Waals surface area contributed by atoms with Crippen molar-refractivity contribution >= 4 is 34.3 Å². The number of aromatic nitrogens is 2. The van der Waals surface area contributed by atoms with Gasteiger partial charge in [-0.1, -0.05) is 23.7 Å². The van der Waals surface area contributed by atoms with Crippen LogP contribution in [0.4, 0.5) is 11.6 Å². The molecule has 0 fully saturated rings. The maximum atomic E-state index is 6.10. The Labute approximate surface area is 121 Å². The number of hydrogen-bond donors (Lipinski definition) is 2. The van der Waals surface area contributed by atoms with Gasteiger partial charge in [-0.15, -0.1) is 0 Å². The van der Waals surface area contributed by atoms with Crippen LogP contribution in [0.1, 0.15) is 5.56 Å². The van der Waals surface area contributed by atoms with Gasteiger partial charge in [-0.3, -0.25) is 0 Å². The lowest BCUT2D eigenvalue weighted by molar-refractivity contribution is 0.416. The van der Waals surface area contributed by atoms with Crippen LogP contribution in [0.25, 0.3) is 11.0 Å². The minimum Gasteiger partial charge on any atom is -0.495 e. The Balaban J connectivity index is 1.99. The van der Waals surface area contributed by atoms with E-state index in [1.54, 1.807) is 13.2 Å². The number of para-hydroxylation sites is 2. The third-order valence-electron chi connectivity index (χ3n) is 3.12. The summed E-state index contributed by atoms with van der Waals surface area (Å²) in [6.07, 6.45) is 0. The van der Waals surface area contributed by atoms with Crippen LogP contribution in [0.15, 0.2) is 36.4 Å². The Morgan fingerprint density at radius 3 is 2.80 bits per heavy atom. The van der Waals surface area contributed by atoms with E-state index in [0.29, 0.717) is 16.7 Å². The summed E-state index contributed by atoms with van der Waals surface area (Å²) in [5, 5.41) is 3.91. The van der Waals surface area contributed by atoms with Gasteiger partial charge in [0.2, 0.25) is 5.95 Å². The van der Waals surface area contributed by atoms with Crippen LogP contribution in [0.3, 0.4) is 0 Å². The van der Waals surface area contributed by atoms with Crippen LogP contribution in [0.2, 0.25) is 5.02 Å². The van der Waals surface area contributed by atoms with Crippen LogP contribution >= 0.6 is 11.6 Å². The van der Waals surface area contributed by atoms with E-state index in [4.69, 9.17) is 16.3 Å². The number of nitrogens with zero attached hydrogens (tertiary/aromatic N) is 1. The first-order valence-electron chi connectivity index (χ1n) is 6.23. The maximum Gasteiger partial charge on any atom is 0.205 e. The van der Waals surface area contributed by atoms with E-state index in [2.05, 4.69) is 15.3 Å². The summed E-state index contributed by atoms with van der Waals surface area (Å²) in [7, 11) is 1.62. The topological polar surface area (TPSA) is 49.9 Å². The Morgan fingerprint density at radius 2 is 2.05 bits per heavy atom. The van der Waals surface area contributed by atoms with E-state index in [1.807, 2.05) is 37.3 Å². The van der Waals surface area contributed by atoms with Gasteiger partial charge in [0.1, 0.15) is 5.75 Å². The monoisotopic (exact) mass is 287 g/mol. The predicted molar refractivity (Wildman–Crippen MR) is 82.1 cm³/mol. The molecule has 3 rings (SSSR count). The molecule has 0 aliphatic carbocycles. The second-order valence-electron chi connectivity index (χ2n) is 4.53. The summed E-state index contributed by atoms with van der Waals surface area (Å²) in [6.45, 7) is 1.95. The number of hydrogen-bond acceptors (Lipinski definition) is 3. The first kappa shape index (κ1) is 12.8.